The predicted molar refractivity (Wildman–Crippen MR) is 233 cm³/mol. The van der Waals surface area contributed by atoms with E-state index >= 15 is 0 Å². The summed E-state index contributed by atoms with van der Waals surface area (Å²) >= 11 is 0. The average molecular weight is 793 g/mol. The number of aliphatic hydroxyl groups is 1. The van der Waals surface area contributed by atoms with E-state index in [4.69, 9.17) is 28.2 Å². The van der Waals surface area contributed by atoms with Crippen molar-refractivity contribution in [2.45, 2.75) is 65.6 Å². The number of hydrogen-bond donors (Lipinski definition) is 2. The zero-order valence-corrected chi connectivity index (χ0v) is 33.7. The summed E-state index contributed by atoms with van der Waals surface area (Å²) in [6.07, 6.45) is 1.35. The van der Waals surface area contributed by atoms with Gasteiger partial charge in [0.1, 0.15) is 69.7 Å². The van der Waals surface area contributed by atoms with Crippen LogP contribution in [0.2, 0.25) is 0 Å². The normalized spacial score (nSPS) is 11.4. The first-order valence-electron chi connectivity index (χ1n) is 19.9. The van der Waals surface area contributed by atoms with E-state index in [0.29, 0.717) is 59.9 Å². The van der Waals surface area contributed by atoms with Crippen LogP contribution in [0, 0.1) is 0 Å². The number of benzene rings is 6. The molecule has 9 nitrogen and oxygen atoms in total. The molecular weight excluding hydrogens is 745 g/mol. The molecule has 59 heavy (non-hydrogen) atoms. The molecule has 0 aliphatic heterocycles. The van der Waals surface area contributed by atoms with Crippen molar-refractivity contribution in [3.05, 3.63) is 164 Å². The van der Waals surface area contributed by atoms with Gasteiger partial charge in [0.2, 0.25) is 0 Å². The topological polar surface area (TPSA) is 129 Å². The Kier molecular flexibility index (Phi) is 12.6. The van der Waals surface area contributed by atoms with E-state index in [2.05, 4.69) is 12.1 Å². The molecule has 0 saturated carbocycles. The molecule has 8 rings (SSSR count). The van der Waals surface area contributed by atoms with E-state index in [9.17, 15) is 14.7 Å². The second-order valence-corrected chi connectivity index (χ2v) is 15.1. The zero-order valence-electron chi connectivity index (χ0n) is 33.7. The fraction of sp³-hybridized carbons (Fsp3) is 0.240. The molecule has 2 N–H and O–H groups in total. The number of unbranched alkanes of at least 4 members (excludes halogenated alkanes) is 1. The molecule has 0 fully saturated rings. The number of phenolic OH excluding ortho intramolecular Hbond substituents is 1. The standard InChI is InChI=1S/C27H28O5.C23H20O4/c1-18(2)24-16-22(29)27-25(30-13-6-5-12-28)14-19(15-26(27)32-24)17-31-23-11-7-9-20-8-3-4-10-21(20)23;1-14(2)21-12-19(25)23-18(24)10-15(11-22(23)27-21)13-26-20-9-5-7-16-6-3-4-8-17(16)20/h3-4,7-11,14-16,18,28H,5-6,12-13,17H2,1-2H3;3-12,14,24H,13H2,1-2H3. The Labute approximate surface area is 342 Å². The van der Waals surface area contributed by atoms with Crippen LogP contribution in [0.4, 0.5) is 0 Å². The SMILES string of the molecule is CC(C)c1cc(=O)c2c(O)cc(COc3cccc4ccccc34)cc2o1.CC(C)c1cc(=O)c2c(OCCCCO)cc(COc3cccc4ccccc34)cc2o1. The van der Waals surface area contributed by atoms with Crippen LogP contribution in [-0.4, -0.2) is 23.4 Å². The van der Waals surface area contributed by atoms with Gasteiger partial charge in [0.25, 0.3) is 0 Å². The summed E-state index contributed by atoms with van der Waals surface area (Å²) in [7, 11) is 0. The highest BCUT2D eigenvalue weighted by molar-refractivity contribution is 5.89. The second-order valence-electron chi connectivity index (χ2n) is 15.1. The highest BCUT2D eigenvalue weighted by atomic mass is 16.5. The molecule has 0 unspecified atom stereocenters. The Morgan fingerprint density at radius 1 is 0.542 bits per heavy atom. The van der Waals surface area contributed by atoms with Crippen LogP contribution in [0.1, 0.15) is 75.0 Å². The average Bonchev–Trinajstić information content (AvgIpc) is 3.23. The Morgan fingerprint density at radius 2 is 1.03 bits per heavy atom. The molecule has 0 aliphatic rings. The highest BCUT2D eigenvalue weighted by Crippen LogP contribution is 2.32. The summed E-state index contributed by atoms with van der Waals surface area (Å²) in [5.74, 6) is 3.38. The van der Waals surface area contributed by atoms with Gasteiger partial charge in [-0.05, 0) is 71.1 Å². The maximum absolute atomic E-state index is 12.8. The number of aromatic hydroxyl groups is 1. The molecule has 0 spiro atoms. The van der Waals surface area contributed by atoms with Gasteiger partial charge < -0.3 is 33.3 Å². The lowest BCUT2D eigenvalue weighted by Crippen LogP contribution is -2.08. The first-order valence-corrected chi connectivity index (χ1v) is 19.9. The minimum atomic E-state index is -0.237. The van der Waals surface area contributed by atoms with E-state index in [1.165, 1.54) is 6.07 Å². The fourth-order valence-corrected chi connectivity index (χ4v) is 6.88. The molecule has 8 aromatic rings. The Balaban J connectivity index is 0.000000181. The molecule has 0 amide bonds. The van der Waals surface area contributed by atoms with Crippen LogP contribution in [-0.2, 0) is 13.2 Å². The van der Waals surface area contributed by atoms with Crippen molar-refractivity contribution in [2.24, 2.45) is 0 Å². The van der Waals surface area contributed by atoms with Crippen molar-refractivity contribution in [1.29, 1.82) is 0 Å². The minimum Gasteiger partial charge on any atom is -0.507 e. The molecule has 6 aromatic carbocycles. The van der Waals surface area contributed by atoms with Crippen LogP contribution in [0.25, 0.3) is 43.5 Å². The Bertz CT molecular complexity index is 2840. The monoisotopic (exact) mass is 792 g/mol. The number of hydrogen-bond acceptors (Lipinski definition) is 9. The van der Waals surface area contributed by atoms with E-state index < -0.39 is 0 Å². The third-order valence-electron chi connectivity index (χ3n) is 10.00. The Morgan fingerprint density at radius 3 is 1.58 bits per heavy atom. The van der Waals surface area contributed by atoms with Crippen LogP contribution in [0.15, 0.2) is 140 Å². The smallest absolute Gasteiger partial charge is 0.196 e. The van der Waals surface area contributed by atoms with Gasteiger partial charge in [0, 0.05) is 41.3 Å². The third kappa shape index (κ3) is 9.43. The first kappa shape index (κ1) is 40.6. The van der Waals surface area contributed by atoms with Gasteiger partial charge in [-0.2, -0.15) is 0 Å². The molecule has 302 valence electrons. The number of rotatable bonds is 13. The summed E-state index contributed by atoms with van der Waals surface area (Å²) in [5.41, 5.74) is 2.11. The van der Waals surface area contributed by atoms with Gasteiger partial charge in [-0.15, -0.1) is 0 Å². The van der Waals surface area contributed by atoms with Crippen molar-refractivity contribution in [3.8, 4) is 23.0 Å². The lowest BCUT2D eigenvalue weighted by atomic mass is 10.1. The summed E-state index contributed by atoms with van der Waals surface area (Å²) in [5, 5.41) is 24.3. The third-order valence-corrected chi connectivity index (χ3v) is 10.00. The quantitative estimate of drug-likeness (QED) is 0.110. The molecule has 9 heteroatoms. The van der Waals surface area contributed by atoms with Crippen molar-refractivity contribution in [3.63, 3.8) is 0 Å². The van der Waals surface area contributed by atoms with Gasteiger partial charge in [0.15, 0.2) is 10.9 Å². The first-order chi connectivity index (χ1) is 28.6. The molecule has 0 radical (unpaired) electrons. The molecule has 2 aromatic heterocycles. The van der Waals surface area contributed by atoms with Crippen LogP contribution in [0.3, 0.4) is 0 Å². The van der Waals surface area contributed by atoms with Gasteiger partial charge >= 0.3 is 0 Å². The van der Waals surface area contributed by atoms with E-state index in [1.54, 1.807) is 18.2 Å². The van der Waals surface area contributed by atoms with Gasteiger partial charge in [-0.25, -0.2) is 0 Å². The lowest BCUT2D eigenvalue weighted by molar-refractivity contribution is 0.253. The number of phenols is 1. The molecule has 0 saturated heterocycles. The number of aliphatic hydroxyl groups excluding tert-OH is 1. The summed E-state index contributed by atoms with van der Waals surface area (Å²) < 4.78 is 30.0. The number of fused-ring (bicyclic) bond motifs is 4. The highest BCUT2D eigenvalue weighted by Gasteiger charge is 2.16. The minimum absolute atomic E-state index is 0.0832. The van der Waals surface area contributed by atoms with Crippen LogP contribution in [0.5, 0.6) is 23.0 Å². The van der Waals surface area contributed by atoms with Gasteiger partial charge in [0.05, 0.1) is 6.61 Å². The predicted octanol–water partition coefficient (Wildman–Crippen LogP) is 11.2. The van der Waals surface area contributed by atoms with Crippen molar-refractivity contribution in [2.75, 3.05) is 13.2 Å². The molecule has 2 heterocycles. The van der Waals surface area contributed by atoms with Crippen LogP contribution >= 0.6 is 0 Å². The Hall–Kier alpha value is -6.58. The number of ether oxygens (including phenoxy) is 3. The van der Waals surface area contributed by atoms with Crippen molar-refractivity contribution < 1.29 is 33.3 Å². The maximum atomic E-state index is 12.8. The van der Waals surface area contributed by atoms with Crippen molar-refractivity contribution >= 4 is 43.5 Å². The van der Waals surface area contributed by atoms with E-state index in [0.717, 1.165) is 44.2 Å². The van der Waals surface area contributed by atoms with Crippen LogP contribution < -0.4 is 25.1 Å². The van der Waals surface area contributed by atoms with E-state index in [-0.39, 0.29) is 47.0 Å². The largest absolute Gasteiger partial charge is 0.507 e. The second kappa shape index (κ2) is 18.3. The molecular formula is C50H48O9. The van der Waals surface area contributed by atoms with Gasteiger partial charge in [-0.1, -0.05) is 100 Å². The maximum Gasteiger partial charge on any atom is 0.196 e. The summed E-state index contributed by atoms with van der Waals surface area (Å²) in [6.45, 7) is 8.99. The zero-order chi connectivity index (χ0) is 41.5. The molecule has 0 bridgehead atoms. The fourth-order valence-electron chi connectivity index (χ4n) is 6.88. The molecule has 0 atom stereocenters. The van der Waals surface area contributed by atoms with E-state index in [1.807, 2.05) is 113 Å². The summed E-state index contributed by atoms with van der Waals surface area (Å²) in [6, 6.07) is 38.0. The summed E-state index contributed by atoms with van der Waals surface area (Å²) in [4.78, 5) is 25.2. The molecule has 0 aliphatic carbocycles. The lowest BCUT2D eigenvalue weighted by Gasteiger charge is -2.14. The van der Waals surface area contributed by atoms with Gasteiger partial charge in [-0.3, -0.25) is 9.59 Å². The van der Waals surface area contributed by atoms with Crippen molar-refractivity contribution in [1.82, 2.24) is 0 Å².